The second-order valence-corrected chi connectivity index (χ2v) is 9.43. The summed E-state index contributed by atoms with van der Waals surface area (Å²) in [5, 5.41) is 3.35. The molecule has 0 unspecified atom stereocenters. The summed E-state index contributed by atoms with van der Waals surface area (Å²) < 4.78 is 27.2. The Balaban J connectivity index is 1.58. The molecule has 0 spiro atoms. The number of sulfonamides is 1. The second-order valence-electron chi connectivity index (χ2n) is 5.78. The van der Waals surface area contributed by atoms with Crippen LogP contribution < -0.4 is 10.2 Å². The fraction of sp³-hybridized carbons (Fsp3) is 0.176. The van der Waals surface area contributed by atoms with Crippen LogP contribution in [-0.2, 0) is 10.0 Å². The van der Waals surface area contributed by atoms with E-state index in [4.69, 9.17) is 0 Å². The molecule has 2 aliphatic rings. The van der Waals surface area contributed by atoms with Crippen LogP contribution in [0.15, 0.2) is 56.7 Å². The number of anilines is 2. The maximum atomic E-state index is 12.6. The summed E-state index contributed by atoms with van der Waals surface area (Å²) in [5.41, 5.74) is 2.15. The van der Waals surface area contributed by atoms with Crippen LogP contribution in [0.4, 0.5) is 11.4 Å². The molecule has 2 aromatic rings. The predicted octanol–water partition coefficient (Wildman–Crippen LogP) is 3.27. The third kappa shape index (κ3) is 3.34. The van der Waals surface area contributed by atoms with Crippen LogP contribution in [0.5, 0.6) is 0 Å². The molecule has 1 N–H and O–H groups in total. The van der Waals surface area contributed by atoms with Crippen LogP contribution in [0.2, 0.25) is 0 Å². The van der Waals surface area contributed by atoms with Crippen molar-refractivity contribution >= 4 is 56.0 Å². The zero-order valence-electron chi connectivity index (χ0n) is 13.8. The summed E-state index contributed by atoms with van der Waals surface area (Å²) in [4.78, 5) is 16.4. The van der Waals surface area contributed by atoms with Crippen LogP contribution in [0, 0.1) is 0 Å². The van der Waals surface area contributed by atoms with E-state index in [1.807, 2.05) is 41.5 Å². The van der Waals surface area contributed by atoms with E-state index in [0.717, 1.165) is 21.2 Å². The normalized spacial score (nSPS) is 17.3. The number of thioether (sulfide) groups is 2. The molecule has 0 aromatic heterocycles. The molecule has 0 radical (unpaired) electrons. The number of hydrogen-bond acceptors (Lipinski definition) is 6. The lowest BCUT2D eigenvalue weighted by Crippen LogP contribution is -2.35. The van der Waals surface area contributed by atoms with Crippen LogP contribution in [0.25, 0.3) is 0 Å². The third-order valence-corrected chi connectivity index (χ3v) is 7.09. The first-order valence-corrected chi connectivity index (χ1v) is 11.5. The lowest BCUT2D eigenvalue weighted by Gasteiger charge is -2.22. The predicted molar refractivity (Wildman–Crippen MR) is 107 cm³/mol. The van der Waals surface area contributed by atoms with Crippen molar-refractivity contribution in [3.63, 3.8) is 0 Å². The number of amidine groups is 1. The van der Waals surface area contributed by atoms with Gasteiger partial charge in [0.05, 0.1) is 11.4 Å². The van der Waals surface area contributed by atoms with E-state index >= 15 is 0 Å². The van der Waals surface area contributed by atoms with Crippen LogP contribution in [0.3, 0.4) is 0 Å². The number of nitrogens with zero attached hydrogens (tertiary/aromatic N) is 2. The zero-order valence-corrected chi connectivity index (χ0v) is 16.2. The fourth-order valence-electron chi connectivity index (χ4n) is 2.78. The summed E-state index contributed by atoms with van der Waals surface area (Å²) >= 11 is 2.89. The van der Waals surface area contributed by atoms with E-state index in [-0.39, 0.29) is 11.7 Å². The minimum absolute atomic E-state index is 0.00448. The quantitative estimate of drug-likeness (QED) is 0.790. The zero-order chi connectivity index (χ0) is 18.3. The number of fused-ring (bicyclic) bond motifs is 3. The first-order chi connectivity index (χ1) is 12.4. The Bertz CT molecular complexity index is 1030. The van der Waals surface area contributed by atoms with Gasteiger partial charge in [0.1, 0.15) is 0 Å². The SMILES string of the molecule is CSc1cccc(NC(=O)c2ccc3c(c2)SC2=NS(=O)(=O)CCN23)c1. The minimum Gasteiger partial charge on any atom is -0.322 e. The van der Waals surface area contributed by atoms with Gasteiger partial charge >= 0.3 is 0 Å². The number of carbonyl (C=O) groups excluding carboxylic acids is 1. The van der Waals surface area contributed by atoms with Gasteiger partial charge in [0, 0.05) is 27.6 Å². The summed E-state index contributed by atoms with van der Waals surface area (Å²) in [6.45, 7) is 0.383. The highest BCUT2D eigenvalue weighted by Gasteiger charge is 2.33. The average Bonchev–Trinajstić information content (AvgIpc) is 2.96. The molecule has 2 aliphatic heterocycles. The molecule has 2 aromatic carbocycles. The second kappa shape index (κ2) is 6.64. The van der Waals surface area contributed by atoms with E-state index in [1.165, 1.54) is 11.8 Å². The molecule has 134 valence electrons. The molecule has 26 heavy (non-hydrogen) atoms. The molecule has 0 saturated carbocycles. The molecule has 6 nitrogen and oxygen atoms in total. The molecule has 0 aliphatic carbocycles. The number of amides is 1. The maximum absolute atomic E-state index is 12.6. The van der Waals surface area contributed by atoms with Crippen LogP contribution >= 0.6 is 23.5 Å². The highest BCUT2D eigenvalue weighted by molar-refractivity contribution is 8.15. The van der Waals surface area contributed by atoms with Gasteiger partial charge in [-0.05, 0) is 54.4 Å². The summed E-state index contributed by atoms with van der Waals surface area (Å²) in [6, 6.07) is 13.0. The van der Waals surface area contributed by atoms with Gasteiger partial charge in [0.15, 0.2) is 5.17 Å². The van der Waals surface area contributed by atoms with Gasteiger partial charge in [-0.1, -0.05) is 6.07 Å². The van der Waals surface area contributed by atoms with Crippen molar-refractivity contribution < 1.29 is 13.2 Å². The van der Waals surface area contributed by atoms with E-state index in [9.17, 15) is 13.2 Å². The molecule has 2 heterocycles. The lowest BCUT2D eigenvalue weighted by atomic mass is 10.1. The van der Waals surface area contributed by atoms with Crippen LogP contribution in [0.1, 0.15) is 10.4 Å². The van der Waals surface area contributed by atoms with Gasteiger partial charge in [-0.25, -0.2) is 8.42 Å². The Hall–Kier alpha value is -1.97. The summed E-state index contributed by atoms with van der Waals surface area (Å²) in [5.74, 6) is -0.198. The van der Waals surface area contributed by atoms with Gasteiger partial charge in [-0.15, -0.1) is 16.2 Å². The highest BCUT2D eigenvalue weighted by Crippen LogP contribution is 2.42. The van der Waals surface area contributed by atoms with Crippen molar-refractivity contribution in [2.24, 2.45) is 4.40 Å². The number of carbonyl (C=O) groups is 1. The number of benzene rings is 2. The average molecular weight is 406 g/mol. The van der Waals surface area contributed by atoms with Gasteiger partial charge in [-0.3, -0.25) is 4.79 Å². The van der Waals surface area contributed by atoms with E-state index in [1.54, 1.807) is 23.9 Å². The molecule has 1 amide bonds. The van der Waals surface area contributed by atoms with Crippen molar-refractivity contribution in [1.29, 1.82) is 0 Å². The summed E-state index contributed by atoms with van der Waals surface area (Å²) in [6.07, 6.45) is 1.98. The van der Waals surface area contributed by atoms with Crippen molar-refractivity contribution in [2.75, 3.05) is 28.8 Å². The molecular formula is C17H15N3O3S3. The van der Waals surface area contributed by atoms with Gasteiger partial charge in [0.2, 0.25) is 0 Å². The van der Waals surface area contributed by atoms with E-state index < -0.39 is 10.0 Å². The topological polar surface area (TPSA) is 78.8 Å². The van der Waals surface area contributed by atoms with Gasteiger partial charge in [0.25, 0.3) is 15.9 Å². The standard InChI is InChI=1S/C17H15N3O3S3/c1-24-13-4-2-3-12(10-13)18-16(21)11-5-6-14-15(9-11)25-17-19-26(22,23)8-7-20(14)17/h2-6,9-10H,7-8H2,1H3,(H,18,21). The maximum Gasteiger partial charge on any atom is 0.257 e. The monoisotopic (exact) mass is 405 g/mol. The Morgan fingerprint density at radius 1 is 1.27 bits per heavy atom. The third-order valence-electron chi connectivity index (χ3n) is 4.06. The Morgan fingerprint density at radius 3 is 2.92 bits per heavy atom. The fourth-order valence-corrected chi connectivity index (χ4v) is 5.53. The number of nitrogens with one attached hydrogen (secondary N) is 1. The largest absolute Gasteiger partial charge is 0.322 e. The van der Waals surface area contributed by atoms with E-state index in [0.29, 0.717) is 17.3 Å². The first kappa shape index (κ1) is 17.4. The number of rotatable bonds is 3. The lowest BCUT2D eigenvalue weighted by molar-refractivity contribution is 0.102. The van der Waals surface area contributed by atoms with Crippen molar-refractivity contribution in [1.82, 2.24) is 0 Å². The first-order valence-electron chi connectivity index (χ1n) is 7.83. The molecule has 9 heteroatoms. The summed E-state index contributed by atoms with van der Waals surface area (Å²) in [7, 11) is -3.38. The van der Waals surface area contributed by atoms with Crippen molar-refractivity contribution in [3.8, 4) is 0 Å². The number of hydrogen-bond donors (Lipinski definition) is 1. The van der Waals surface area contributed by atoms with Crippen molar-refractivity contribution in [2.45, 2.75) is 9.79 Å². The molecule has 0 bridgehead atoms. The van der Waals surface area contributed by atoms with Crippen LogP contribution in [-0.4, -0.2) is 38.0 Å². The van der Waals surface area contributed by atoms with E-state index in [2.05, 4.69) is 9.71 Å². The van der Waals surface area contributed by atoms with Gasteiger partial charge in [-0.2, -0.15) is 0 Å². The van der Waals surface area contributed by atoms with Crippen molar-refractivity contribution in [3.05, 3.63) is 48.0 Å². The Labute approximate surface area is 160 Å². The Kier molecular flexibility index (Phi) is 4.45. The molecule has 0 atom stereocenters. The highest BCUT2D eigenvalue weighted by atomic mass is 32.2. The molecular weight excluding hydrogens is 390 g/mol. The molecule has 0 fully saturated rings. The Morgan fingerprint density at radius 2 is 2.12 bits per heavy atom. The van der Waals surface area contributed by atoms with Gasteiger partial charge < -0.3 is 10.2 Å². The molecule has 4 rings (SSSR count). The molecule has 0 saturated heterocycles. The smallest absolute Gasteiger partial charge is 0.257 e. The minimum atomic E-state index is -3.38.